The van der Waals surface area contributed by atoms with Crippen LogP contribution in [-0.2, 0) is 11.2 Å². The van der Waals surface area contributed by atoms with Gasteiger partial charge in [0.15, 0.2) is 0 Å². The number of nitrogens with zero attached hydrogens (tertiary/aromatic N) is 1. The van der Waals surface area contributed by atoms with Gasteiger partial charge < -0.3 is 5.73 Å². The van der Waals surface area contributed by atoms with E-state index in [1.165, 1.54) is 0 Å². The lowest BCUT2D eigenvalue weighted by Crippen LogP contribution is -2.24. The first-order chi connectivity index (χ1) is 5.33. The highest BCUT2D eigenvalue weighted by atomic mass is 16.1. The van der Waals surface area contributed by atoms with Crippen molar-refractivity contribution in [3.8, 4) is 0 Å². The third kappa shape index (κ3) is 2.47. The fraction of sp³-hybridized carbons (Fsp3) is 0.250. The monoisotopic (exact) mass is 149 g/mol. The van der Waals surface area contributed by atoms with Crippen LogP contribution in [0.1, 0.15) is 5.69 Å². The van der Waals surface area contributed by atoms with Gasteiger partial charge in [0.05, 0.1) is 6.04 Å². The van der Waals surface area contributed by atoms with E-state index in [2.05, 4.69) is 4.98 Å². The lowest BCUT2D eigenvalue weighted by atomic mass is 10.2. The Morgan fingerprint density at radius 1 is 1.64 bits per heavy atom. The molecule has 0 aliphatic carbocycles. The quantitative estimate of drug-likeness (QED) is 0.661. The maximum Gasteiger partial charge on any atom is 0.217 e. The fourth-order valence-corrected chi connectivity index (χ4v) is 0.786. The Morgan fingerprint density at radius 2 is 2.45 bits per heavy atom. The van der Waals surface area contributed by atoms with E-state index in [4.69, 9.17) is 5.73 Å². The van der Waals surface area contributed by atoms with Crippen LogP contribution in [0.25, 0.3) is 0 Å². The van der Waals surface area contributed by atoms with Gasteiger partial charge >= 0.3 is 0 Å². The molecule has 0 aromatic carbocycles. The van der Waals surface area contributed by atoms with Gasteiger partial charge in [-0.25, -0.2) is 0 Å². The predicted molar refractivity (Wildman–Crippen MR) is 41.6 cm³/mol. The normalized spacial score (nSPS) is 12.5. The van der Waals surface area contributed by atoms with E-state index < -0.39 is 6.04 Å². The Labute approximate surface area is 65.2 Å². The molecular weight excluding hydrogens is 140 g/mol. The van der Waals surface area contributed by atoms with E-state index in [9.17, 15) is 4.79 Å². The summed E-state index contributed by atoms with van der Waals surface area (Å²) in [5, 5.41) is 0. The van der Waals surface area contributed by atoms with Crippen molar-refractivity contribution in [1.82, 2.24) is 4.98 Å². The summed E-state index contributed by atoms with van der Waals surface area (Å²) in [5.74, 6) is 0. The van der Waals surface area contributed by atoms with Crippen molar-refractivity contribution in [2.75, 3.05) is 0 Å². The summed E-state index contributed by atoms with van der Waals surface area (Å²) >= 11 is 0. The number of carbonyl (C=O) groups excluding carboxylic acids is 1. The molecule has 0 amide bonds. The lowest BCUT2D eigenvalue weighted by Gasteiger charge is -2.00. The third-order valence-electron chi connectivity index (χ3n) is 1.31. The maximum atomic E-state index is 10.0. The molecule has 0 unspecified atom stereocenters. The molecule has 1 aromatic heterocycles. The summed E-state index contributed by atoms with van der Waals surface area (Å²) in [5.41, 5.74) is 6.16. The Kier molecular flexibility index (Phi) is 2.74. The van der Waals surface area contributed by atoms with E-state index in [0.29, 0.717) is 6.42 Å². The Balaban J connectivity index is 2.57. The van der Waals surface area contributed by atoms with E-state index in [1.54, 1.807) is 12.5 Å². The molecule has 57 valence electrons. The SMILES string of the molecule is N[C@@H]([C]=O)Cc1ccccn1. The maximum absolute atomic E-state index is 10.0. The highest BCUT2D eigenvalue weighted by molar-refractivity contribution is 5.58. The second-order valence-corrected chi connectivity index (χ2v) is 2.25. The average Bonchev–Trinajstić information content (AvgIpc) is 2.06. The molecule has 1 rings (SSSR count). The van der Waals surface area contributed by atoms with E-state index >= 15 is 0 Å². The Bertz CT molecular complexity index is 223. The average molecular weight is 149 g/mol. The second-order valence-electron chi connectivity index (χ2n) is 2.25. The Morgan fingerprint density at radius 3 is 3.00 bits per heavy atom. The van der Waals surface area contributed by atoms with Crippen LogP contribution in [0.4, 0.5) is 0 Å². The molecule has 1 atom stereocenters. The first kappa shape index (κ1) is 7.88. The van der Waals surface area contributed by atoms with Crippen molar-refractivity contribution in [2.24, 2.45) is 5.73 Å². The van der Waals surface area contributed by atoms with Crippen molar-refractivity contribution >= 4 is 6.29 Å². The number of rotatable bonds is 3. The number of hydrogen-bond acceptors (Lipinski definition) is 3. The molecule has 3 nitrogen and oxygen atoms in total. The van der Waals surface area contributed by atoms with Crippen molar-refractivity contribution in [3.63, 3.8) is 0 Å². The number of aromatic nitrogens is 1. The van der Waals surface area contributed by atoms with Gasteiger partial charge in [-0.1, -0.05) is 6.07 Å². The molecule has 1 radical (unpaired) electrons. The van der Waals surface area contributed by atoms with Gasteiger partial charge in [-0.3, -0.25) is 9.78 Å². The molecule has 0 aliphatic heterocycles. The summed E-state index contributed by atoms with van der Waals surface area (Å²) in [6, 6.07) is 4.96. The van der Waals surface area contributed by atoms with E-state index in [0.717, 1.165) is 5.69 Å². The fourth-order valence-electron chi connectivity index (χ4n) is 0.786. The molecule has 1 heterocycles. The summed E-state index contributed by atoms with van der Waals surface area (Å²) in [6.45, 7) is 0. The molecule has 11 heavy (non-hydrogen) atoms. The van der Waals surface area contributed by atoms with Crippen molar-refractivity contribution in [1.29, 1.82) is 0 Å². The van der Waals surface area contributed by atoms with Gasteiger partial charge in [0.25, 0.3) is 0 Å². The second kappa shape index (κ2) is 3.83. The summed E-state index contributed by atoms with van der Waals surface area (Å²) in [4.78, 5) is 14.0. The summed E-state index contributed by atoms with van der Waals surface area (Å²) < 4.78 is 0. The van der Waals surface area contributed by atoms with Crippen LogP contribution in [0.5, 0.6) is 0 Å². The lowest BCUT2D eigenvalue weighted by molar-refractivity contribution is 0.540. The topological polar surface area (TPSA) is 56.0 Å². The van der Waals surface area contributed by atoms with Gasteiger partial charge in [0.1, 0.15) is 0 Å². The first-order valence-corrected chi connectivity index (χ1v) is 3.36. The van der Waals surface area contributed by atoms with Crippen LogP contribution in [0.2, 0.25) is 0 Å². The molecule has 2 N–H and O–H groups in total. The van der Waals surface area contributed by atoms with Crippen LogP contribution in [0.15, 0.2) is 24.4 Å². The zero-order valence-electron chi connectivity index (χ0n) is 6.03. The third-order valence-corrected chi connectivity index (χ3v) is 1.31. The standard InChI is InChI=1S/C8H9N2O/c9-7(6-11)5-8-3-1-2-4-10-8/h1-4,7H,5,9H2/t7-/m1/s1. The van der Waals surface area contributed by atoms with Gasteiger partial charge in [-0.05, 0) is 12.1 Å². The predicted octanol–water partition coefficient (Wildman–Crippen LogP) is 0.0611. The van der Waals surface area contributed by atoms with Crippen molar-refractivity contribution < 1.29 is 4.79 Å². The summed E-state index contributed by atoms with van der Waals surface area (Å²) in [7, 11) is 0. The van der Waals surface area contributed by atoms with E-state index in [1.807, 2.05) is 18.2 Å². The highest BCUT2D eigenvalue weighted by Crippen LogP contribution is 1.95. The molecule has 0 bridgehead atoms. The number of pyridine rings is 1. The van der Waals surface area contributed by atoms with E-state index in [-0.39, 0.29) is 0 Å². The minimum absolute atomic E-state index is 0.463. The molecule has 0 spiro atoms. The zero-order valence-corrected chi connectivity index (χ0v) is 6.03. The van der Waals surface area contributed by atoms with Crippen LogP contribution >= 0.6 is 0 Å². The minimum Gasteiger partial charge on any atom is -0.321 e. The zero-order chi connectivity index (χ0) is 8.10. The van der Waals surface area contributed by atoms with Gasteiger partial charge in [-0.2, -0.15) is 0 Å². The smallest absolute Gasteiger partial charge is 0.217 e. The molecule has 0 saturated heterocycles. The van der Waals surface area contributed by atoms with Crippen LogP contribution < -0.4 is 5.73 Å². The highest BCUT2D eigenvalue weighted by Gasteiger charge is 2.02. The molecule has 0 fully saturated rings. The van der Waals surface area contributed by atoms with Gasteiger partial charge in [-0.15, -0.1) is 0 Å². The number of hydrogen-bond donors (Lipinski definition) is 1. The Hall–Kier alpha value is -1.22. The molecular formula is C8H9N2O. The van der Waals surface area contributed by atoms with Crippen LogP contribution in [0, 0.1) is 0 Å². The molecule has 3 heteroatoms. The van der Waals surface area contributed by atoms with Gasteiger partial charge in [0.2, 0.25) is 6.29 Å². The minimum atomic E-state index is -0.551. The largest absolute Gasteiger partial charge is 0.321 e. The first-order valence-electron chi connectivity index (χ1n) is 3.36. The molecule has 1 aromatic rings. The number of nitrogens with two attached hydrogens (primary N) is 1. The molecule has 0 aliphatic rings. The van der Waals surface area contributed by atoms with Gasteiger partial charge in [0, 0.05) is 18.3 Å². The van der Waals surface area contributed by atoms with Crippen molar-refractivity contribution in [3.05, 3.63) is 30.1 Å². The van der Waals surface area contributed by atoms with Crippen molar-refractivity contribution in [2.45, 2.75) is 12.5 Å². The van der Waals surface area contributed by atoms with Crippen LogP contribution in [0.3, 0.4) is 0 Å². The van der Waals surface area contributed by atoms with Crippen LogP contribution in [-0.4, -0.2) is 17.3 Å². The summed E-state index contributed by atoms with van der Waals surface area (Å²) in [6.07, 6.45) is 3.84. The molecule has 0 saturated carbocycles.